The first-order chi connectivity index (χ1) is 11.5. The number of nitrogens with two attached hydrogens (primary N) is 1. The van der Waals surface area contributed by atoms with Gasteiger partial charge in [-0.1, -0.05) is 29.3 Å². The molecule has 0 aliphatic carbocycles. The molecule has 0 unspecified atom stereocenters. The van der Waals surface area contributed by atoms with Crippen molar-refractivity contribution in [2.45, 2.75) is 12.5 Å². The van der Waals surface area contributed by atoms with Gasteiger partial charge in [-0.05, 0) is 30.6 Å². The van der Waals surface area contributed by atoms with Crippen molar-refractivity contribution in [3.8, 4) is 0 Å². The maximum atomic E-state index is 12.6. The number of rotatable bonds is 5. The fourth-order valence-electron chi connectivity index (χ4n) is 2.57. The fourth-order valence-corrected chi connectivity index (χ4v) is 3.44. The van der Waals surface area contributed by atoms with Gasteiger partial charge in [-0.2, -0.15) is 11.8 Å². The van der Waals surface area contributed by atoms with Crippen LogP contribution in [0.25, 0.3) is 0 Å². The Morgan fingerprint density at radius 3 is 2.40 bits per heavy atom. The highest BCUT2D eigenvalue weighted by atomic mass is 35.5. The summed E-state index contributed by atoms with van der Waals surface area (Å²) < 4.78 is 0. The molecule has 0 radical (unpaired) electrons. The molecule has 1 aromatic carbocycles. The highest BCUT2D eigenvalue weighted by Gasteiger charge is 2.28. The van der Waals surface area contributed by atoms with Gasteiger partial charge in [0.05, 0.1) is 21.7 Å². The number of hydrogen-bond acceptors (Lipinski definition) is 4. The van der Waals surface area contributed by atoms with E-state index in [1.807, 2.05) is 6.26 Å². The van der Waals surface area contributed by atoms with E-state index in [0.29, 0.717) is 43.2 Å². The van der Waals surface area contributed by atoms with Crippen molar-refractivity contribution in [1.29, 1.82) is 0 Å². The molecule has 0 saturated carbocycles. The predicted molar refractivity (Wildman–Crippen MR) is 107 cm³/mol. The molecule has 5 nitrogen and oxygen atoms in total. The second-order valence-corrected chi connectivity index (χ2v) is 7.38. The quantitative estimate of drug-likeness (QED) is 0.786. The minimum atomic E-state index is -0.470. The minimum Gasteiger partial charge on any atom is -0.338 e. The number of halogens is 3. The van der Waals surface area contributed by atoms with Crippen molar-refractivity contribution in [1.82, 2.24) is 9.80 Å². The van der Waals surface area contributed by atoms with Gasteiger partial charge < -0.3 is 15.5 Å². The summed E-state index contributed by atoms with van der Waals surface area (Å²) in [6.45, 7) is 1.89. The van der Waals surface area contributed by atoms with E-state index < -0.39 is 6.04 Å². The molecule has 1 aliphatic heterocycles. The molecule has 2 N–H and O–H groups in total. The molecule has 0 aromatic heterocycles. The van der Waals surface area contributed by atoms with Crippen molar-refractivity contribution in [3.63, 3.8) is 0 Å². The van der Waals surface area contributed by atoms with E-state index in [9.17, 15) is 9.59 Å². The van der Waals surface area contributed by atoms with E-state index in [1.165, 1.54) is 0 Å². The second-order valence-electron chi connectivity index (χ2n) is 5.61. The lowest BCUT2D eigenvalue weighted by Crippen LogP contribution is -2.54. The summed E-state index contributed by atoms with van der Waals surface area (Å²) >= 11 is 13.8. The van der Waals surface area contributed by atoms with E-state index in [1.54, 1.807) is 39.8 Å². The summed E-state index contributed by atoms with van der Waals surface area (Å²) in [6.07, 6.45) is 2.65. The van der Waals surface area contributed by atoms with Crippen LogP contribution in [0.3, 0.4) is 0 Å². The second kappa shape index (κ2) is 10.5. The van der Waals surface area contributed by atoms with Crippen LogP contribution in [-0.2, 0) is 4.79 Å². The average Bonchev–Trinajstić information content (AvgIpc) is 2.61. The van der Waals surface area contributed by atoms with Crippen molar-refractivity contribution < 1.29 is 9.59 Å². The SMILES string of the molecule is CSCC[C@H](N)C(=O)N1CCN(C(=O)c2cccc(Cl)c2Cl)CC1.Cl. The monoisotopic (exact) mass is 425 g/mol. The molecule has 1 fully saturated rings. The highest BCUT2D eigenvalue weighted by Crippen LogP contribution is 2.26. The smallest absolute Gasteiger partial charge is 0.255 e. The van der Waals surface area contributed by atoms with E-state index in [-0.39, 0.29) is 29.2 Å². The topological polar surface area (TPSA) is 66.6 Å². The number of carbonyl (C=O) groups excluding carboxylic acids is 2. The number of nitrogens with zero attached hydrogens (tertiary/aromatic N) is 2. The van der Waals surface area contributed by atoms with Gasteiger partial charge >= 0.3 is 0 Å². The minimum absolute atomic E-state index is 0. The zero-order chi connectivity index (χ0) is 17.7. The molecule has 1 aromatic rings. The molecule has 140 valence electrons. The van der Waals surface area contributed by atoms with Crippen LogP contribution < -0.4 is 5.73 Å². The Morgan fingerprint density at radius 1 is 1.20 bits per heavy atom. The molecular weight excluding hydrogens is 405 g/mol. The lowest BCUT2D eigenvalue weighted by atomic mass is 10.1. The summed E-state index contributed by atoms with van der Waals surface area (Å²) in [4.78, 5) is 28.3. The molecule has 1 aliphatic rings. The third kappa shape index (κ3) is 5.66. The molecule has 1 heterocycles. The summed E-state index contributed by atoms with van der Waals surface area (Å²) in [5.41, 5.74) is 6.33. The Hall–Kier alpha value is -0.660. The molecule has 1 atom stereocenters. The van der Waals surface area contributed by atoms with Crippen LogP contribution in [0.15, 0.2) is 18.2 Å². The van der Waals surface area contributed by atoms with Gasteiger partial charge in [0.2, 0.25) is 5.91 Å². The Balaban J connectivity index is 0.00000312. The highest BCUT2D eigenvalue weighted by molar-refractivity contribution is 7.98. The number of amides is 2. The molecule has 25 heavy (non-hydrogen) atoms. The van der Waals surface area contributed by atoms with Gasteiger partial charge in [0.25, 0.3) is 5.91 Å². The largest absolute Gasteiger partial charge is 0.338 e. The Bertz CT molecular complexity index is 610. The first-order valence-corrected chi connectivity index (χ1v) is 9.87. The van der Waals surface area contributed by atoms with Gasteiger partial charge in [0.1, 0.15) is 0 Å². The third-order valence-corrected chi connectivity index (χ3v) is 5.47. The van der Waals surface area contributed by atoms with Gasteiger partial charge in [0, 0.05) is 26.2 Å². The molecule has 0 spiro atoms. The molecule has 9 heteroatoms. The maximum Gasteiger partial charge on any atom is 0.255 e. The molecule has 1 saturated heterocycles. The fraction of sp³-hybridized carbons (Fsp3) is 0.500. The number of hydrogen-bond donors (Lipinski definition) is 1. The Kier molecular flexibility index (Phi) is 9.38. The molecule has 0 bridgehead atoms. The number of thioether (sulfide) groups is 1. The summed E-state index contributed by atoms with van der Waals surface area (Å²) in [5, 5.41) is 0.623. The van der Waals surface area contributed by atoms with Crippen LogP contribution >= 0.6 is 47.4 Å². The van der Waals surface area contributed by atoms with Crippen LogP contribution in [0.2, 0.25) is 10.0 Å². The Labute approximate surface area is 168 Å². The third-order valence-electron chi connectivity index (χ3n) is 4.01. The van der Waals surface area contributed by atoms with Gasteiger partial charge in [-0.15, -0.1) is 12.4 Å². The van der Waals surface area contributed by atoms with Crippen LogP contribution in [-0.4, -0.2) is 65.8 Å². The van der Waals surface area contributed by atoms with Crippen molar-refractivity contribution in [2.24, 2.45) is 5.73 Å². The summed E-state index contributed by atoms with van der Waals surface area (Å²) in [6, 6.07) is 4.54. The van der Waals surface area contributed by atoms with E-state index in [2.05, 4.69) is 0 Å². The molecule has 2 amide bonds. The van der Waals surface area contributed by atoms with Crippen molar-refractivity contribution in [2.75, 3.05) is 38.2 Å². The van der Waals surface area contributed by atoms with E-state index >= 15 is 0 Å². The summed E-state index contributed by atoms with van der Waals surface area (Å²) in [7, 11) is 0. The van der Waals surface area contributed by atoms with Crippen LogP contribution in [0.1, 0.15) is 16.8 Å². The van der Waals surface area contributed by atoms with Gasteiger partial charge in [0.15, 0.2) is 0 Å². The van der Waals surface area contributed by atoms with Crippen LogP contribution in [0.5, 0.6) is 0 Å². The summed E-state index contributed by atoms with van der Waals surface area (Å²) in [5.74, 6) is 0.650. The number of piperazine rings is 1. The van der Waals surface area contributed by atoms with Gasteiger partial charge in [-0.3, -0.25) is 9.59 Å². The maximum absolute atomic E-state index is 12.6. The van der Waals surface area contributed by atoms with E-state index in [0.717, 1.165) is 5.75 Å². The average molecular weight is 427 g/mol. The zero-order valence-corrected chi connectivity index (χ0v) is 17.1. The van der Waals surface area contributed by atoms with Gasteiger partial charge in [-0.25, -0.2) is 0 Å². The number of benzene rings is 1. The number of carbonyl (C=O) groups is 2. The standard InChI is InChI=1S/C16H21Cl2N3O2S.ClH/c1-24-10-5-13(19)16(23)21-8-6-20(7-9-21)15(22)11-3-2-4-12(17)14(11)18;/h2-4,13H,5-10,19H2,1H3;1H/t13-;/m0./s1. The van der Waals surface area contributed by atoms with E-state index in [4.69, 9.17) is 28.9 Å². The molecular formula is C16H22Cl3N3O2S. The lowest BCUT2D eigenvalue weighted by Gasteiger charge is -2.36. The van der Waals surface area contributed by atoms with Crippen LogP contribution in [0, 0.1) is 0 Å². The Morgan fingerprint density at radius 2 is 1.80 bits per heavy atom. The van der Waals surface area contributed by atoms with Crippen LogP contribution in [0.4, 0.5) is 0 Å². The lowest BCUT2D eigenvalue weighted by molar-refractivity contribution is -0.134. The van der Waals surface area contributed by atoms with Crippen molar-refractivity contribution >= 4 is 59.2 Å². The molecule has 2 rings (SSSR count). The predicted octanol–water partition coefficient (Wildman–Crippen LogP) is 2.78. The first kappa shape index (κ1) is 22.4. The first-order valence-electron chi connectivity index (χ1n) is 7.72. The van der Waals surface area contributed by atoms with Crippen molar-refractivity contribution in [3.05, 3.63) is 33.8 Å². The normalized spacial score (nSPS) is 15.5. The zero-order valence-electron chi connectivity index (χ0n) is 13.9.